The van der Waals surface area contributed by atoms with Gasteiger partial charge in [0.2, 0.25) is 0 Å². The van der Waals surface area contributed by atoms with E-state index < -0.39 is 0 Å². The minimum Gasteiger partial charge on any atom is -0.396 e. The summed E-state index contributed by atoms with van der Waals surface area (Å²) in [6.45, 7) is 4.93. The van der Waals surface area contributed by atoms with E-state index >= 15 is 0 Å². The highest BCUT2D eigenvalue weighted by Crippen LogP contribution is 2.29. The first-order valence-corrected chi connectivity index (χ1v) is 4.30. The van der Waals surface area contributed by atoms with Gasteiger partial charge >= 0.3 is 0 Å². The van der Waals surface area contributed by atoms with Gasteiger partial charge in [0.05, 0.1) is 0 Å². The largest absolute Gasteiger partial charge is 0.396 e. The number of hydrogen-bond acceptors (Lipinski definition) is 2. The van der Waals surface area contributed by atoms with Crippen LogP contribution < -0.4 is 0 Å². The molecule has 0 bridgehead atoms. The molecule has 4 heteroatoms. The van der Waals surface area contributed by atoms with Crippen LogP contribution in [0, 0.1) is 5.41 Å². The number of azide groups is 1. The van der Waals surface area contributed by atoms with E-state index in [0.29, 0.717) is 6.54 Å². The minimum absolute atomic E-state index is 0.128. The van der Waals surface area contributed by atoms with E-state index in [9.17, 15) is 0 Å². The second-order valence-electron chi connectivity index (χ2n) is 3.34. The molecule has 1 unspecified atom stereocenters. The van der Waals surface area contributed by atoms with Crippen molar-refractivity contribution in [3.8, 4) is 0 Å². The lowest BCUT2D eigenvalue weighted by Gasteiger charge is -2.26. The summed E-state index contributed by atoms with van der Waals surface area (Å²) in [6, 6.07) is 0. The first kappa shape index (κ1) is 11.3. The molecule has 0 radical (unpaired) electrons. The van der Waals surface area contributed by atoms with Crippen molar-refractivity contribution >= 4 is 0 Å². The summed E-state index contributed by atoms with van der Waals surface area (Å²) in [6.07, 6.45) is 2.65. The molecule has 4 nitrogen and oxygen atoms in total. The molecule has 0 aliphatic carbocycles. The standard InChI is InChI=1S/C8H17N3O/c1-3-8(2,5-7-12)4-6-10-11-9/h12H,3-7H2,1-2H3. The Balaban J connectivity index is 3.86. The maximum absolute atomic E-state index is 8.79. The smallest absolute Gasteiger partial charge is 0.0436 e. The molecular weight excluding hydrogens is 154 g/mol. The molecule has 0 rings (SSSR count). The van der Waals surface area contributed by atoms with Crippen LogP contribution in [0.5, 0.6) is 0 Å². The van der Waals surface area contributed by atoms with E-state index in [-0.39, 0.29) is 12.0 Å². The van der Waals surface area contributed by atoms with Gasteiger partial charge in [-0.05, 0) is 23.8 Å². The van der Waals surface area contributed by atoms with Gasteiger partial charge in [-0.25, -0.2) is 0 Å². The Morgan fingerprint density at radius 1 is 1.50 bits per heavy atom. The Hall–Kier alpha value is -0.730. The Morgan fingerprint density at radius 3 is 2.58 bits per heavy atom. The SMILES string of the molecule is CCC(C)(CCO)CCN=[N+]=[N-]. The fourth-order valence-corrected chi connectivity index (χ4v) is 1.11. The summed E-state index contributed by atoms with van der Waals surface area (Å²) in [5, 5.41) is 12.3. The van der Waals surface area contributed by atoms with Crippen LogP contribution in [0.3, 0.4) is 0 Å². The van der Waals surface area contributed by atoms with Crippen LogP contribution in [0.15, 0.2) is 5.11 Å². The predicted octanol–water partition coefficient (Wildman–Crippen LogP) is 2.49. The zero-order valence-corrected chi connectivity index (χ0v) is 7.82. The van der Waals surface area contributed by atoms with Crippen LogP contribution >= 0.6 is 0 Å². The van der Waals surface area contributed by atoms with Crippen LogP contribution in [0.1, 0.15) is 33.1 Å². The van der Waals surface area contributed by atoms with Crippen molar-refractivity contribution in [1.29, 1.82) is 0 Å². The third-order valence-electron chi connectivity index (χ3n) is 2.45. The molecule has 1 atom stereocenters. The quantitative estimate of drug-likeness (QED) is 0.372. The molecule has 0 aromatic rings. The van der Waals surface area contributed by atoms with Crippen molar-refractivity contribution in [2.75, 3.05) is 13.2 Å². The molecular formula is C8H17N3O. The van der Waals surface area contributed by atoms with Gasteiger partial charge in [0, 0.05) is 18.1 Å². The number of rotatable bonds is 6. The third kappa shape index (κ3) is 4.21. The van der Waals surface area contributed by atoms with Gasteiger partial charge < -0.3 is 5.11 Å². The molecule has 0 heterocycles. The van der Waals surface area contributed by atoms with Gasteiger partial charge in [0.25, 0.3) is 0 Å². The van der Waals surface area contributed by atoms with Crippen molar-refractivity contribution in [3.63, 3.8) is 0 Å². The maximum Gasteiger partial charge on any atom is 0.0436 e. The molecule has 70 valence electrons. The zero-order valence-electron chi connectivity index (χ0n) is 7.82. The lowest BCUT2D eigenvalue weighted by molar-refractivity contribution is 0.183. The van der Waals surface area contributed by atoms with E-state index in [0.717, 1.165) is 19.3 Å². The molecule has 12 heavy (non-hydrogen) atoms. The minimum atomic E-state index is 0.128. The second kappa shape index (κ2) is 5.86. The van der Waals surface area contributed by atoms with Crippen molar-refractivity contribution in [3.05, 3.63) is 10.4 Å². The maximum atomic E-state index is 8.79. The molecule has 0 aromatic heterocycles. The van der Waals surface area contributed by atoms with Crippen molar-refractivity contribution in [2.45, 2.75) is 33.1 Å². The number of aliphatic hydroxyl groups excluding tert-OH is 1. The third-order valence-corrected chi connectivity index (χ3v) is 2.45. The van der Waals surface area contributed by atoms with Crippen LogP contribution in [0.2, 0.25) is 0 Å². The predicted molar refractivity (Wildman–Crippen MR) is 48.7 cm³/mol. The molecule has 0 saturated carbocycles. The summed E-state index contributed by atoms with van der Waals surface area (Å²) in [5.41, 5.74) is 8.20. The molecule has 1 N–H and O–H groups in total. The summed E-state index contributed by atoms with van der Waals surface area (Å²) in [4.78, 5) is 2.70. The Labute approximate surface area is 73.2 Å². The molecule has 0 aliphatic rings. The highest BCUT2D eigenvalue weighted by molar-refractivity contribution is 4.73. The number of hydrogen-bond donors (Lipinski definition) is 1. The van der Waals surface area contributed by atoms with Crippen molar-refractivity contribution < 1.29 is 5.11 Å². The first-order valence-electron chi connectivity index (χ1n) is 4.30. The fourth-order valence-electron chi connectivity index (χ4n) is 1.11. The topological polar surface area (TPSA) is 69.0 Å². The van der Waals surface area contributed by atoms with E-state index in [4.69, 9.17) is 10.6 Å². The van der Waals surface area contributed by atoms with Crippen molar-refractivity contribution in [2.24, 2.45) is 10.5 Å². The van der Waals surface area contributed by atoms with Gasteiger partial charge in [-0.2, -0.15) is 0 Å². The second-order valence-corrected chi connectivity index (χ2v) is 3.34. The monoisotopic (exact) mass is 171 g/mol. The summed E-state index contributed by atoms with van der Waals surface area (Å²) >= 11 is 0. The molecule has 0 saturated heterocycles. The average Bonchev–Trinajstić information content (AvgIpc) is 2.06. The van der Waals surface area contributed by atoms with Crippen molar-refractivity contribution in [1.82, 2.24) is 0 Å². The molecule has 0 aromatic carbocycles. The average molecular weight is 171 g/mol. The highest BCUT2D eigenvalue weighted by Gasteiger charge is 2.19. The van der Waals surface area contributed by atoms with Gasteiger partial charge in [-0.1, -0.05) is 25.4 Å². The van der Waals surface area contributed by atoms with E-state index in [2.05, 4.69) is 23.9 Å². The Kier molecular flexibility index (Phi) is 5.51. The molecule has 0 fully saturated rings. The Bertz CT molecular complexity index is 166. The van der Waals surface area contributed by atoms with Crippen LogP contribution in [-0.2, 0) is 0 Å². The van der Waals surface area contributed by atoms with Gasteiger partial charge in [-0.3, -0.25) is 0 Å². The van der Waals surface area contributed by atoms with Gasteiger partial charge in [0.15, 0.2) is 0 Å². The number of nitrogens with zero attached hydrogens (tertiary/aromatic N) is 3. The lowest BCUT2D eigenvalue weighted by Crippen LogP contribution is -2.18. The zero-order chi connectivity index (χ0) is 9.45. The van der Waals surface area contributed by atoms with Gasteiger partial charge in [-0.15, -0.1) is 0 Å². The lowest BCUT2D eigenvalue weighted by atomic mass is 9.81. The van der Waals surface area contributed by atoms with Crippen LogP contribution in [-0.4, -0.2) is 18.3 Å². The summed E-state index contributed by atoms with van der Waals surface area (Å²) in [7, 11) is 0. The van der Waals surface area contributed by atoms with Crippen LogP contribution in [0.25, 0.3) is 10.4 Å². The van der Waals surface area contributed by atoms with Gasteiger partial charge in [0.1, 0.15) is 0 Å². The summed E-state index contributed by atoms with van der Waals surface area (Å²) in [5.74, 6) is 0. The molecule has 0 aliphatic heterocycles. The highest BCUT2D eigenvalue weighted by atomic mass is 16.3. The first-order chi connectivity index (χ1) is 5.68. The molecule has 0 spiro atoms. The molecule has 0 amide bonds. The van der Waals surface area contributed by atoms with Crippen LogP contribution in [0.4, 0.5) is 0 Å². The Morgan fingerprint density at radius 2 is 2.17 bits per heavy atom. The summed E-state index contributed by atoms with van der Waals surface area (Å²) < 4.78 is 0. The van der Waals surface area contributed by atoms with E-state index in [1.807, 2.05) is 0 Å². The van der Waals surface area contributed by atoms with E-state index in [1.54, 1.807) is 0 Å². The number of aliphatic hydroxyl groups is 1. The fraction of sp³-hybridized carbons (Fsp3) is 1.00. The normalized spacial score (nSPS) is 14.9. The van der Waals surface area contributed by atoms with E-state index in [1.165, 1.54) is 0 Å².